The lowest BCUT2D eigenvalue weighted by Crippen LogP contribution is -2.13. The largest absolute Gasteiger partial charge is 0.385 e. The predicted molar refractivity (Wildman–Crippen MR) is 360 cm³/mol. The highest BCUT2D eigenvalue weighted by molar-refractivity contribution is 5.70. The van der Waals surface area contributed by atoms with Crippen LogP contribution in [0.1, 0.15) is 158 Å². The normalized spacial score (nSPS) is 12.4. The molecule has 0 saturated carbocycles. The maximum absolute atomic E-state index is 13.2. The Kier molecular flexibility index (Phi) is 29.9. The van der Waals surface area contributed by atoms with Crippen LogP contribution in [0.25, 0.3) is 68.3 Å². The summed E-state index contributed by atoms with van der Waals surface area (Å²) in [4.78, 5) is 28.4. The number of aromatic nitrogens is 6. The second-order valence-electron chi connectivity index (χ2n) is 22.9. The zero-order valence-corrected chi connectivity index (χ0v) is 53.2. The number of hydrogen-bond donors (Lipinski definition) is 4. The zero-order valence-electron chi connectivity index (χ0n) is 53.2. The molecule has 4 unspecified atom stereocenters. The van der Waals surface area contributed by atoms with E-state index in [1.54, 1.807) is 36.4 Å². The second-order valence-corrected chi connectivity index (χ2v) is 22.9. The molecular formula is C74H97F3N10. The lowest BCUT2D eigenvalue weighted by molar-refractivity contribution is 0.461. The quantitative estimate of drug-likeness (QED) is 0.0322. The molecule has 2 heterocycles. The first-order valence-corrected chi connectivity index (χ1v) is 32.5. The SMILES string of the molecule is CCCCC(CC)CN.CCCCC(CC)CNc1ccc(-c2nc(-c3ccc(NCC(CC)CCCC)cc3)nc(-c3ccc(NCC(CC)CCCC)cc3)n2)cc1.Fc1ccc(-c2nc(-c3ccc(F)cc3)nc(-c3ccc(F)cc3)n2)cc1. The number of unbranched alkanes of at least 4 members (excludes halogenated alkanes) is 4. The molecule has 0 bridgehead atoms. The van der Waals surface area contributed by atoms with Gasteiger partial charge in [-0.05, 0) is 201 Å². The Labute approximate surface area is 518 Å². The molecule has 0 aliphatic carbocycles. The third kappa shape index (κ3) is 22.9. The third-order valence-corrected chi connectivity index (χ3v) is 16.3. The first-order valence-electron chi connectivity index (χ1n) is 32.5. The van der Waals surface area contributed by atoms with Gasteiger partial charge in [-0.1, -0.05) is 132 Å². The van der Waals surface area contributed by atoms with E-state index in [1.807, 2.05) is 0 Å². The molecular weight excluding hydrogens is 1090 g/mol. The fraction of sp³-hybridized carbons (Fsp3) is 0.432. The van der Waals surface area contributed by atoms with Gasteiger partial charge in [0.15, 0.2) is 34.9 Å². The summed E-state index contributed by atoms with van der Waals surface area (Å²) >= 11 is 0. The van der Waals surface area contributed by atoms with E-state index in [2.05, 4.69) is 159 Å². The van der Waals surface area contributed by atoms with Crippen molar-refractivity contribution < 1.29 is 13.2 Å². The predicted octanol–water partition coefficient (Wildman–Crippen LogP) is 20.2. The van der Waals surface area contributed by atoms with Crippen LogP contribution in [0, 0.1) is 41.1 Å². The lowest BCUT2D eigenvalue weighted by atomic mass is 9.99. The molecule has 0 amide bonds. The summed E-state index contributed by atoms with van der Waals surface area (Å²) in [5.74, 6) is 4.83. The molecule has 10 nitrogen and oxygen atoms in total. The van der Waals surface area contributed by atoms with Crippen molar-refractivity contribution >= 4 is 17.1 Å². The van der Waals surface area contributed by atoms with Gasteiger partial charge in [0, 0.05) is 70.1 Å². The highest BCUT2D eigenvalue weighted by atomic mass is 19.1. The molecule has 8 aromatic rings. The highest BCUT2D eigenvalue weighted by Crippen LogP contribution is 2.30. The molecule has 0 aliphatic heterocycles. The minimum atomic E-state index is -0.370. The third-order valence-electron chi connectivity index (χ3n) is 16.3. The summed E-state index contributed by atoms with van der Waals surface area (Å²) in [5.41, 5.74) is 13.7. The Balaban J connectivity index is 0.000000276. The molecule has 6 aromatic carbocycles. The number of nitrogens with two attached hydrogens (primary N) is 1. The summed E-state index contributed by atoms with van der Waals surface area (Å²) in [5, 5.41) is 11.0. The highest BCUT2D eigenvalue weighted by Gasteiger charge is 2.16. The van der Waals surface area contributed by atoms with Gasteiger partial charge < -0.3 is 21.7 Å². The van der Waals surface area contributed by atoms with Crippen LogP contribution in [-0.4, -0.2) is 56.1 Å². The standard InChI is InChI=1S/C45H66N6.C21H12F3N3.C8H19N/c1-7-13-16-34(10-4)31-46-40-25-19-37(20-26-40)43-49-44(38-21-27-41(28-22-38)47-32-35(11-5)17-14-8-2)51-45(50-43)39-23-29-42(30-24-39)48-33-36(12-6)18-15-9-3;22-16-7-1-13(2-8-16)19-25-20(14-3-9-17(23)10-4-14)27-21(26-19)15-5-11-18(24)12-6-15;1-3-5-6-8(4-2)7-9/h19-30,34-36,46-48H,7-18,31-33H2,1-6H3;1-12H;8H,3-7,9H2,1-2H3. The van der Waals surface area contributed by atoms with Crippen molar-refractivity contribution in [3.63, 3.8) is 0 Å². The van der Waals surface area contributed by atoms with Gasteiger partial charge in [-0.25, -0.2) is 43.1 Å². The van der Waals surface area contributed by atoms with E-state index in [0.29, 0.717) is 69.4 Å². The van der Waals surface area contributed by atoms with Gasteiger partial charge in [0.05, 0.1) is 0 Å². The Bertz CT molecular complexity index is 2800. The van der Waals surface area contributed by atoms with Crippen LogP contribution in [0.3, 0.4) is 0 Å². The molecule has 2 aromatic heterocycles. The number of halogens is 3. The van der Waals surface area contributed by atoms with Crippen LogP contribution in [0.15, 0.2) is 146 Å². The first kappa shape index (κ1) is 68.6. The summed E-state index contributed by atoms with van der Waals surface area (Å²) in [6.45, 7) is 22.0. The maximum Gasteiger partial charge on any atom is 0.164 e. The minimum absolute atomic E-state index is 0.337. The van der Waals surface area contributed by atoms with E-state index in [-0.39, 0.29) is 17.5 Å². The molecule has 5 N–H and O–H groups in total. The number of anilines is 3. The molecule has 0 spiro atoms. The van der Waals surface area contributed by atoms with Crippen molar-refractivity contribution in [2.75, 3.05) is 42.1 Å². The number of rotatable bonds is 32. The first-order chi connectivity index (χ1) is 42.4. The molecule has 0 fully saturated rings. The molecule has 464 valence electrons. The van der Waals surface area contributed by atoms with E-state index < -0.39 is 0 Å². The number of nitrogens with zero attached hydrogens (tertiary/aromatic N) is 6. The zero-order chi connectivity index (χ0) is 62.2. The molecule has 0 radical (unpaired) electrons. The van der Waals surface area contributed by atoms with Crippen molar-refractivity contribution in [1.29, 1.82) is 0 Å². The second kappa shape index (κ2) is 37.9. The summed E-state index contributed by atoms with van der Waals surface area (Å²) < 4.78 is 39.7. The Morgan fingerprint density at radius 1 is 0.299 bits per heavy atom. The van der Waals surface area contributed by atoms with Gasteiger partial charge in [0.2, 0.25) is 0 Å². The molecule has 4 atom stereocenters. The molecule has 0 saturated heterocycles. The van der Waals surface area contributed by atoms with E-state index in [0.717, 1.165) is 65.8 Å². The fourth-order valence-electron chi connectivity index (χ4n) is 10.1. The van der Waals surface area contributed by atoms with Crippen molar-refractivity contribution in [2.45, 2.75) is 158 Å². The van der Waals surface area contributed by atoms with Gasteiger partial charge in [0.1, 0.15) is 17.5 Å². The molecule has 87 heavy (non-hydrogen) atoms. The van der Waals surface area contributed by atoms with Crippen molar-refractivity contribution in [3.8, 4) is 68.3 Å². The van der Waals surface area contributed by atoms with E-state index in [9.17, 15) is 13.2 Å². The van der Waals surface area contributed by atoms with Crippen LogP contribution in [-0.2, 0) is 0 Å². The van der Waals surface area contributed by atoms with Crippen molar-refractivity contribution in [3.05, 3.63) is 163 Å². The van der Waals surface area contributed by atoms with Crippen LogP contribution in [0.4, 0.5) is 30.2 Å². The maximum atomic E-state index is 13.2. The lowest BCUT2D eigenvalue weighted by Gasteiger charge is -2.17. The summed E-state index contributed by atoms with van der Waals surface area (Å²) in [7, 11) is 0. The van der Waals surface area contributed by atoms with Crippen LogP contribution in [0.2, 0.25) is 0 Å². The van der Waals surface area contributed by atoms with E-state index in [1.165, 1.54) is 139 Å². The molecule has 0 aliphatic rings. The summed E-state index contributed by atoms with van der Waals surface area (Å²) in [6, 6.07) is 42.9. The monoisotopic (exact) mass is 1180 g/mol. The smallest absolute Gasteiger partial charge is 0.164 e. The van der Waals surface area contributed by atoms with Crippen molar-refractivity contribution in [1.82, 2.24) is 29.9 Å². The van der Waals surface area contributed by atoms with Gasteiger partial charge in [-0.2, -0.15) is 0 Å². The average molecular weight is 1180 g/mol. The van der Waals surface area contributed by atoms with E-state index in [4.69, 9.17) is 20.7 Å². The van der Waals surface area contributed by atoms with Gasteiger partial charge >= 0.3 is 0 Å². The average Bonchev–Trinajstić information content (AvgIpc) is 3.01. The molecule has 13 heteroatoms. The fourth-order valence-corrected chi connectivity index (χ4v) is 10.1. The van der Waals surface area contributed by atoms with Crippen LogP contribution in [0.5, 0.6) is 0 Å². The van der Waals surface area contributed by atoms with Crippen molar-refractivity contribution in [2.24, 2.45) is 29.4 Å². The van der Waals surface area contributed by atoms with Crippen LogP contribution >= 0.6 is 0 Å². The Hall–Kier alpha value is -7.51. The van der Waals surface area contributed by atoms with Gasteiger partial charge in [-0.3, -0.25) is 0 Å². The minimum Gasteiger partial charge on any atom is -0.385 e. The molecule has 8 rings (SSSR count). The van der Waals surface area contributed by atoms with Gasteiger partial charge in [0.25, 0.3) is 0 Å². The van der Waals surface area contributed by atoms with Gasteiger partial charge in [-0.15, -0.1) is 0 Å². The number of hydrogen-bond acceptors (Lipinski definition) is 10. The Morgan fingerprint density at radius 2 is 0.494 bits per heavy atom. The number of benzene rings is 6. The Morgan fingerprint density at radius 3 is 0.678 bits per heavy atom. The summed E-state index contributed by atoms with van der Waals surface area (Å²) in [6.07, 6.45) is 20.3. The van der Waals surface area contributed by atoms with E-state index >= 15 is 0 Å². The van der Waals surface area contributed by atoms with Crippen LogP contribution < -0.4 is 21.7 Å². The number of nitrogens with one attached hydrogen (secondary N) is 3. The topological polar surface area (TPSA) is 139 Å².